The zero-order valence-corrected chi connectivity index (χ0v) is 25.7. The second kappa shape index (κ2) is 14.1. The van der Waals surface area contributed by atoms with E-state index in [4.69, 9.17) is 18.6 Å². The molecule has 1 aromatic heterocycles. The van der Waals surface area contributed by atoms with Crippen LogP contribution in [0.1, 0.15) is 55.0 Å². The number of esters is 1. The number of amides is 3. The molecule has 2 aromatic carbocycles. The zero-order valence-electron chi connectivity index (χ0n) is 25.7. The standard InChI is InChI=1S/C34H37N3O8/c1-4-42-33(40)31-23(3)37(30(38)21-28(31)24-10-9-13-26(20-24)44-25-11-7-6-8-12-25)22-27-14-15-29(45-27)32(39)35-16-18-36(19-17-35)34(41)43-5-2/h6-15,20,28H,4-5,16-19,21-22H2,1-3H3. The minimum atomic E-state index is -0.533. The third-order valence-electron chi connectivity index (χ3n) is 7.84. The number of furan rings is 1. The lowest BCUT2D eigenvalue weighted by Crippen LogP contribution is -2.50. The topological polar surface area (TPSA) is 119 Å². The number of rotatable bonds is 9. The van der Waals surface area contributed by atoms with Crippen molar-refractivity contribution < 1.29 is 37.8 Å². The normalized spacial score (nSPS) is 16.9. The van der Waals surface area contributed by atoms with Crippen molar-refractivity contribution in [2.75, 3.05) is 39.4 Å². The summed E-state index contributed by atoms with van der Waals surface area (Å²) in [6, 6.07) is 20.0. The predicted octanol–water partition coefficient (Wildman–Crippen LogP) is 5.34. The Kier molecular flexibility index (Phi) is 9.86. The maximum absolute atomic E-state index is 13.6. The Hall–Kier alpha value is -5.06. The molecule has 2 aliphatic heterocycles. The third-order valence-corrected chi connectivity index (χ3v) is 7.84. The van der Waals surface area contributed by atoms with Crippen molar-refractivity contribution in [1.82, 2.24) is 14.7 Å². The molecule has 1 unspecified atom stereocenters. The van der Waals surface area contributed by atoms with E-state index in [9.17, 15) is 19.2 Å². The Bertz CT molecular complexity index is 1570. The molecule has 11 nitrogen and oxygen atoms in total. The van der Waals surface area contributed by atoms with Crippen LogP contribution >= 0.6 is 0 Å². The Balaban J connectivity index is 1.33. The Morgan fingerprint density at radius 2 is 1.53 bits per heavy atom. The van der Waals surface area contributed by atoms with Crippen LogP contribution in [-0.4, -0.2) is 78.0 Å². The summed E-state index contributed by atoms with van der Waals surface area (Å²) in [6.07, 6.45) is -0.352. The van der Waals surface area contributed by atoms with Crippen molar-refractivity contribution in [3.63, 3.8) is 0 Å². The van der Waals surface area contributed by atoms with Crippen LogP contribution in [0.3, 0.4) is 0 Å². The summed E-state index contributed by atoms with van der Waals surface area (Å²) in [7, 11) is 0. The van der Waals surface area contributed by atoms with Crippen molar-refractivity contribution in [1.29, 1.82) is 0 Å². The average molecular weight is 616 g/mol. The van der Waals surface area contributed by atoms with Gasteiger partial charge in [0.2, 0.25) is 5.91 Å². The van der Waals surface area contributed by atoms with Crippen molar-refractivity contribution in [2.45, 2.75) is 39.7 Å². The molecule has 1 saturated heterocycles. The molecule has 3 aromatic rings. The van der Waals surface area contributed by atoms with E-state index in [1.807, 2.05) is 54.6 Å². The number of para-hydroxylation sites is 1. The summed E-state index contributed by atoms with van der Waals surface area (Å²) in [5, 5.41) is 0. The maximum atomic E-state index is 13.6. The smallest absolute Gasteiger partial charge is 0.409 e. The maximum Gasteiger partial charge on any atom is 0.409 e. The van der Waals surface area contributed by atoms with Gasteiger partial charge in [0.1, 0.15) is 17.3 Å². The molecule has 5 rings (SSSR count). The minimum Gasteiger partial charge on any atom is -0.463 e. The molecule has 45 heavy (non-hydrogen) atoms. The van der Waals surface area contributed by atoms with Crippen LogP contribution in [0, 0.1) is 0 Å². The second-order valence-corrected chi connectivity index (χ2v) is 10.7. The first kappa shape index (κ1) is 31.4. The van der Waals surface area contributed by atoms with Crippen LogP contribution in [0.5, 0.6) is 11.5 Å². The summed E-state index contributed by atoms with van der Waals surface area (Å²) in [4.78, 5) is 56.7. The molecule has 1 atom stereocenters. The first-order chi connectivity index (χ1) is 21.8. The SMILES string of the molecule is CCOC(=O)C1=C(C)N(Cc2ccc(C(=O)N3CCN(C(=O)OCC)CC3)o2)C(=O)CC1c1cccc(Oc2ccccc2)c1. The fourth-order valence-corrected chi connectivity index (χ4v) is 5.58. The van der Waals surface area contributed by atoms with Crippen molar-refractivity contribution in [3.8, 4) is 11.5 Å². The van der Waals surface area contributed by atoms with E-state index in [2.05, 4.69) is 0 Å². The van der Waals surface area contributed by atoms with E-state index in [1.165, 1.54) is 4.90 Å². The lowest BCUT2D eigenvalue weighted by molar-refractivity contribution is -0.140. The van der Waals surface area contributed by atoms with Gasteiger partial charge in [0.05, 0.1) is 25.3 Å². The molecular weight excluding hydrogens is 578 g/mol. The Morgan fingerprint density at radius 1 is 0.844 bits per heavy atom. The molecule has 1 fully saturated rings. The van der Waals surface area contributed by atoms with Gasteiger partial charge in [-0.3, -0.25) is 9.59 Å². The van der Waals surface area contributed by atoms with Gasteiger partial charge < -0.3 is 33.3 Å². The second-order valence-electron chi connectivity index (χ2n) is 10.7. The van der Waals surface area contributed by atoms with Crippen molar-refractivity contribution >= 4 is 23.9 Å². The molecule has 236 valence electrons. The number of hydrogen-bond acceptors (Lipinski definition) is 8. The highest BCUT2D eigenvalue weighted by atomic mass is 16.6. The van der Waals surface area contributed by atoms with Gasteiger partial charge in [-0.2, -0.15) is 0 Å². The highest BCUT2D eigenvalue weighted by molar-refractivity contribution is 5.96. The van der Waals surface area contributed by atoms with E-state index in [-0.39, 0.29) is 37.1 Å². The molecule has 11 heteroatoms. The molecule has 3 amide bonds. The highest BCUT2D eigenvalue weighted by Crippen LogP contribution is 2.39. The van der Waals surface area contributed by atoms with E-state index < -0.39 is 18.0 Å². The van der Waals surface area contributed by atoms with Crippen LogP contribution in [0.4, 0.5) is 4.79 Å². The Morgan fingerprint density at radius 3 is 2.24 bits per heavy atom. The van der Waals surface area contributed by atoms with Crippen LogP contribution in [-0.2, 0) is 25.6 Å². The van der Waals surface area contributed by atoms with Crippen molar-refractivity contribution in [3.05, 3.63) is 95.1 Å². The number of allylic oxidation sites excluding steroid dienone is 1. The van der Waals surface area contributed by atoms with E-state index in [0.29, 0.717) is 61.3 Å². The van der Waals surface area contributed by atoms with Crippen LogP contribution in [0.25, 0.3) is 0 Å². The summed E-state index contributed by atoms with van der Waals surface area (Å²) in [6.45, 7) is 7.15. The predicted molar refractivity (Wildman–Crippen MR) is 163 cm³/mol. The quantitative estimate of drug-likeness (QED) is 0.296. The molecule has 0 saturated carbocycles. The molecule has 0 radical (unpaired) electrons. The van der Waals surface area contributed by atoms with Gasteiger partial charge in [-0.25, -0.2) is 9.59 Å². The zero-order chi connectivity index (χ0) is 31.9. The molecule has 0 aliphatic carbocycles. The van der Waals surface area contributed by atoms with Gasteiger partial charge >= 0.3 is 12.1 Å². The molecule has 3 heterocycles. The molecule has 2 aliphatic rings. The molecular formula is C34H37N3O8. The molecule has 0 spiro atoms. The van der Waals surface area contributed by atoms with Gasteiger partial charge in [0.25, 0.3) is 5.91 Å². The largest absolute Gasteiger partial charge is 0.463 e. The van der Waals surface area contributed by atoms with Gasteiger partial charge in [0.15, 0.2) is 5.76 Å². The summed E-state index contributed by atoms with van der Waals surface area (Å²) < 4.78 is 22.4. The molecule has 0 N–H and O–H groups in total. The van der Waals surface area contributed by atoms with Crippen molar-refractivity contribution in [2.24, 2.45) is 0 Å². The van der Waals surface area contributed by atoms with E-state index >= 15 is 0 Å². The number of ether oxygens (including phenoxy) is 3. The number of nitrogens with zero attached hydrogens (tertiary/aromatic N) is 3. The number of hydrogen-bond donors (Lipinski definition) is 0. The number of piperazine rings is 1. The fourth-order valence-electron chi connectivity index (χ4n) is 5.58. The summed E-state index contributed by atoms with van der Waals surface area (Å²) in [5.74, 6) is 0.276. The third kappa shape index (κ3) is 7.19. The minimum absolute atomic E-state index is 0.0392. The number of carbonyl (C=O) groups is 4. The average Bonchev–Trinajstić information content (AvgIpc) is 3.52. The lowest BCUT2D eigenvalue weighted by atomic mass is 9.83. The Labute approximate surface area is 261 Å². The van der Waals surface area contributed by atoms with Gasteiger partial charge in [-0.1, -0.05) is 30.3 Å². The highest BCUT2D eigenvalue weighted by Gasteiger charge is 2.37. The van der Waals surface area contributed by atoms with Crippen LogP contribution in [0.2, 0.25) is 0 Å². The first-order valence-electron chi connectivity index (χ1n) is 15.1. The summed E-state index contributed by atoms with van der Waals surface area (Å²) >= 11 is 0. The molecule has 0 bridgehead atoms. The van der Waals surface area contributed by atoms with Gasteiger partial charge in [-0.15, -0.1) is 0 Å². The summed E-state index contributed by atoms with van der Waals surface area (Å²) in [5.41, 5.74) is 1.60. The van der Waals surface area contributed by atoms with Gasteiger partial charge in [-0.05, 0) is 62.7 Å². The first-order valence-corrected chi connectivity index (χ1v) is 15.1. The monoisotopic (exact) mass is 615 g/mol. The van der Waals surface area contributed by atoms with Crippen LogP contribution < -0.4 is 4.74 Å². The van der Waals surface area contributed by atoms with E-state index in [0.717, 1.165) is 5.56 Å². The van der Waals surface area contributed by atoms with Crippen LogP contribution in [0.15, 0.2) is 82.4 Å². The number of benzene rings is 2. The number of carbonyl (C=O) groups excluding carboxylic acids is 4. The lowest BCUT2D eigenvalue weighted by Gasteiger charge is -2.34. The van der Waals surface area contributed by atoms with E-state index in [1.54, 1.807) is 42.7 Å². The fraction of sp³-hybridized carbons (Fsp3) is 0.353. The van der Waals surface area contributed by atoms with Gasteiger partial charge in [0, 0.05) is 44.2 Å².